The molecule has 0 aliphatic carbocycles. The second-order valence-corrected chi connectivity index (χ2v) is 10.0. The average molecular weight is 441 g/mol. The van der Waals surface area contributed by atoms with Crippen LogP contribution >= 0.6 is 23.4 Å². The number of hydrogen-bond donors (Lipinski definition) is 2. The third-order valence-electron chi connectivity index (χ3n) is 4.23. The van der Waals surface area contributed by atoms with Crippen molar-refractivity contribution < 1.29 is 13.2 Å². The van der Waals surface area contributed by atoms with Crippen molar-refractivity contribution in [2.24, 2.45) is 0 Å². The first-order valence-corrected chi connectivity index (χ1v) is 11.9. The van der Waals surface area contributed by atoms with Crippen molar-refractivity contribution in [2.45, 2.75) is 49.3 Å². The molecular formula is C20H25ClN2O3S2. The van der Waals surface area contributed by atoms with Gasteiger partial charge in [-0.15, -0.1) is 11.8 Å². The summed E-state index contributed by atoms with van der Waals surface area (Å²) in [5, 5.41) is 3.31. The van der Waals surface area contributed by atoms with Crippen molar-refractivity contribution in [3.8, 4) is 0 Å². The van der Waals surface area contributed by atoms with E-state index in [1.807, 2.05) is 34.0 Å². The molecule has 28 heavy (non-hydrogen) atoms. The van der Waals surface area contributed by atoms with Crippen LogP contribution in [0.4, 0.5) is 10.5 Å². The maximum absolute atomic E-state index is 12.6. The van der Waals surface area contributed by atoms with Crippen LogP contribution in [0.2, 0.25) is 5.02 Å². The van der Waals surface area contributed by atoms with Gasteiger partial charge in [-0.25, -0.2) is 17.9 Å². The number of benzene rings is 2. The molecule has 0 atom stereocenters. The number of urea groups is 1. The van der Waals surface area contributed by atoms with Crippen molar-refractivity contribution in [1.82, 2.24) is 4.72 Å². The van der Waals surface area contributed by atoms with Gasteiger partial charge in [-0.3, -0.25) is 0 Å². The molecule has 5 nitrogen and oxygen atoms in total. The number of halogens is 1. The molecule has 2 aromatic carbocycles. The van der Waals surface area contributed by atoms with E-state index in [1.54, 1.807) is 24.3 Å². The lowest BCUT2D eigenvalue weighted by Crippen LogP contribution is -2.35. The smallest absolute Gasteiger partial charge is 0.307 e. The monoisotopic (exact) mass is 440 g/mol. The molecule has 0 saturated heterocycles. The molecule has 0 saturated carbocycles. The number of sulfonamides is 1. The Morgan fingerprint density at radius 3 is 2.11 bits per heavy atom. The van der Waals surface area contributed by atoms with Gasteiger partial charge >= 0.3 is 6.03 Å². The Balaban J connectivity index is 2.34. The molecule has 0 radical (unpaired) electrons. The lowest BCUT2D eigenvalue weighted by Gasteiger charge is -2.21. The van der Waals surface area contributed by atoms with Gasteiger partial charge in [0.15, 0.2) is 0 Å². The lowest BCUT2D eigenvalue weighted by atomic mass is 9.92. The first kappa shape index (κ1) is 22.6. The standard InChI is InChI=1S/C20H25ClN2O3S2/c1-12(2)17-9-14(21)10-18(13(3)4)19(17)22-20(24)23-28(25,26)16-8-6-7-15(11-16)27-5/h6-13H,1-5H3,(H2,22,23,24). The summed E-state index contributed by atoms with van der Waals surface area (Å²) in [6.07, 6.45) is 1.85. The van der Waals surface area contributed by atoms with E-state index < -0.39 is 16.1 Å². The van der Waals surface area contributed by atoms with Crippen LogP contribution in [0.15, 0.2) is 46.2 Å². The third-order valence-corrected chi connectivity index (χ3v) is 6.50. The normalized spacial score (nSPS) is 11.7. The van der Waals surface area contributed by atoms with E-state index in [-0.39, 0.29) is 16.7 Å². The Bertz CT molecular complexity index is 944. The fourth-order valence-corrected chi connectivity index (χ4v) is 4.52. The number of hydrogen-bond acceptors (Lipinski definition) is 4. The van der Waals surface area contributed by atoms with E-state index in [4.69, 9.17) is 11.6 Å². The number of amides is 2. The van der Waals surface area contributed by atoms with E-state index in [2.05, 4.69) is 10.0 Å². The number of anilines is 1. The van der Waals surface area contributed by atoms with Gasteiger partial charge in [0.25, 0.3) is 10.0 Å². The van der Waals surface area contributed by atoms with E-state index in [1.165, 1.54) is 23.9 Å². The van der Waals surface area contributed by atoms with E-state index >= 15 is 0 Å². The molecule has 0 aromatic heterocycles. The van der Waals surface area contributed by atoms with Gasteiger partial charge in [0, 0.05) is 15.6 Å². The predicted octanol–water partition coefficient (Wildman–Crippen LogP) is 5.82. The molecule has 0 fully saturated rings. The van der Waals surface area contributed by atoms with Gasteiger partial charge in [0.05, 0.1) is 4.90 Å². The van der Waals surface area contributed by atoms with Crippen molar-refractivity contribution in [3.63, 3.8) is 0 Å². The maximum atomic E-state index is 12.6. The zero-order valence-corrected chi connectivity index (χ0v) is 18.9. The highest BCUT2D eigenvalue weighted by atomic mass is 35.5. The Morgan fingerprint density at radius 1 is 1.04 bits per heavy atom. The topological polar surface area (TPSA) is 75.3 Å². The summed E-state index contributed by atoms with van der Waals surface area (Å²) in [6, 6.07) is 9.22. The van der Waals surface area contributed by atoms with Gasteiger partial charge < -0.3 is 5.32 Å². The van der Waals surface area contributed by atoms with Crippen LogP contribution < -0.4 is 10.0 Å². The SMILES string of the molecule is CSc1cccc(S(=O)(=O)NC(=O)Nc2c(C(C)C)cc(Cl)cc2C(C)C)c1. The highest BCUT2D eigenvalue weighted by molar-refractivity contribution is 7.98. The molecule has 0 heterocycles. The van der Waals surface area contributed by atoms with E-state index in [0.29, 0.717) is 10.7 Å². The van der Waals surface area contributed by atoms with Crippen LogP contribution in [0.1, 0.15) is 50.7 Å². The Kier molecular flexibility index (Phi) is 7.42. The summed E-state index contributed by atoms with van der Waals surface area (Å²) < 4.78 is 27.3. The number of rotatable bonds is 6. The van der Waals surface area contributed by atoms with Gasteiger partial charge in [-0.2, -0.15) is 0 Å². The molecule has 152 valence electrons. The van der Waals surface area contributed by atoms with Crippen molar-refractivity contribution >= 4 is 45.1 Å². The molecule has 2 rings (SSSR count). The molecule has 0 aliphatic heterocycles. The van der Waals surface area contributed by atoms with Gasteiger partial charge in [-0.05, 0) is 59.6 Å². The van der Waals surface area contributed by atoms with Crippen LogP contribution in [-0.4, -0.2) is 20.7 Å². The fourth-order valence-electron chi connectivity index (χ4n) is 2.79. The van der Waals surface area contributed by atoms with Crippen LogP contribution in [0, 0.1) is 0 Å². The third kappa shape index (κ3) is 5.43. The molecule has 2 aromatic rings. The minimum atomic E-state index is -3.99. The van der Waals surface area contributed by atoms with Crippen LogP contribution in [0.5, 0.6) is 0 Å². The number of carbonyl (C=O) groups excluding carboxylic acids is 1. The Labute approximate surface area is 176 Å². The molecule has 0 bridgehead atoms. The zero-order chi connectivity index (χ0) is 21.1. The second kappa shape index (κ2) is 9.20. The fraction of sp³-hybridized carbons (Fsp3) is 0.350. The Hall–Kier alpha value is -1.70. The predicted molar refractivity (Wildman–Crippen MR) is 117 cm³/mol. The van der Waals surface area contributed by atoms with Gasteiger partial charge in [0.2, 0.25) is 0 Å². The summed E-state index contributed by atoms with van der Waals surface area (Å²) >= 11 is 7.66. The van der Waals surface area contributed by atoms with E-state index in [9.17, 15) is 13.2 Å². The molecular weight excluding hydrogens is 416 g/mol. The molecule has 2 amide bonds. The highest BCUT2D eigenvalue weighted by Gasteiger charge is 2.22. The summed E-state index contributed by atoms with van der Waals surface area (Å²) in [7, 11) is -3.99. The minimum Gasteiger partial charge on any atom is -0.307 e. The number of carbonyl (C=O) groups is 1. The molecule has 0 aliphatic rings. The van der Waals surface area contributed by atoms with Gasteiger partial charge in [-0.1, -0.05) is 45.4 Å². The largest absolute Gasteiger partial charge is 0.333 e. The lowest BCUT2D eigenvalue weighted by molar-refractivity contribution is 0.256. The molecule has 0 unspecified atom stereocenters. The maximum Gasteiger partial charge on any atom is 0.333 e. The number of nitrogens with one attached hydrogen (secondary N) is 2. The zero-order valence-electron chi connectivity index (χ0n) is 16.5. The van der Waals surface area contributed by atoms with Crippen molar-refractivity contribution in [3.05, 3.63) is 52.5 Å². The quantitative estimate of drug-likeness (QED) is 0.555. The summed E-state index contributed by atoms with van der Waals surface area (Å²) in [6.45, 7) is 7.96. The summed E-state index contributed by atoms with van der Waals surface area (Å²) in [5.74, 6) is 0.197. The molecule has 0 spiro atoms. The summed E-state index contributed by atoms with van der Waals surface area (Å²) in [5.41, 5.74) is 2.31. The minimum absolute atomic E-state index is 0.0405. The van der Waals surface area contributed by atoms with Crippen molar-refractivity contribution in [2.75, 3.05) is 11.6 Å². The molecule has 8 heteroatoms. The number of thioether (sulfide) groups is 1. The first-order valence-electron chi connectivity index (χ1n) is 8.86. The first-order chi connectivity index (χ1) is 13.0. The Morgan fingerprint density at radius 2 is 1.61 bits per heavy atom. The van der Waals surface area contributed by atoms with Crippen LogP contribution in [0.3, 0.4) is 0 Å². The van der Waals surface area contributed by atoms with Crippen molar-refractivity contribution in [1.29, 1.82) is 0 Å². The van der Waals surface area contributed by atoms with Crippen LogP contribution in [-0.2, 0) is 10.0 Å². The van der Waals surface area contributed by atoms with Gasteiger partial charge in [0.1, 0.15) is 0 Å². The average Bonchev–Trinajstić information content (AvgIpc) is 2.62. The molecule has 2 N–H and O–H groups in total. The second-order valence-electron chi connectivity index (χ2n) is 7.01. The van der Waals surface area contributed by atoms with Crippen LogP contribution in [0.25, 0.3) is 0 Å². The highest BCUT2D eigenvalue weighted by Crippen LogP contribution is 2.35. The summed E-state index contributed by atoms with van der Waals surface area (Å²) in [4.78, 5) is 13.4. The van der Waals surface area contributed by atoms with E-state index in [0.717, 1.165) is 16.0 Å².